The van der Waals surface area contributed by atoms with E-state index >= 15 is 0 Å². The molecule has 3 aromatic carbocycles. The molecule has 5 rings (SSSR count). The number of fused-ring (bicyclic) bond motifs is 2. The minimum Gasteiger partial charge on any atom is -0.358 e. The van der Waals surface area contributed by atoms with Gasteiger partial charge in [0.05, 0.1) is 22.2 Å². The van der Waals surface area contributed by atoms with E-state index in [9.17, 15) is 0 Å². The quantitative estimate of drug-likeness (QED) is 0.133. The Hall–Kier alpha value is -2.18. The van der Waals surface area contributed by atoms with Crippen LogP contribution < -0.4 is 29.6 Å². The molecule has 0 saturated heterocycles. The van der Waals surface area contributed by atoms with Crippen LogP contribution in [0.5, 0.6) is 0 Å². The third-order valence-electron chi connectivity index (χ3n) is 7.02. The Labute approximate surface area is 290 Å². The molecule has 1 aliphatic heterocycles. The van der Waals surface area contributed by atoms with Crippen molar-refractivity contribution in [3.05, 3.63) is 125 Å². The summed E-state index contributed by atoms with van der Waals surface area (Å²) in [5.74, 6) is 1.15. The van der Waals surface area contributed by atoms with Crippen molar-refractivity contribution in [3.63, 3.8) is 0 Å². The van der Waals surface area contributed by atoms with Gasteiger partial charge in [0.15, 0.2) is 0 Å². The summed E-state index contributed by atoms with van der Waals surface area (Å²) in [6, 6.07) is 23.8. The number of thiophene rings is 1. The first-order valence-corrected chi connectivity index (χ1v) is 14.6. The summed E-state index contributed by atoms with van der Waals surface area (Å²) < 4.78 is 24.2. The Morgan fingerprint density at radius 3 is 1.98 bits per heavy atom. The monoisotopic (exact) mass is 615 g/mol. The molecule has 0 radical (unpaired) electrons. The number of nitriles is 1. The maximum Gasteiger partial charge on any atom is 1.00 e. The second-order valence-electron chi connectivity index (χ2n) is 11.0. The number of hydrogen-bond donors (Lipinski definition) is 0. The third-order valence-corrected chi connectivity index (χ3v) is 8.00. The molecule has 0 fully saturated rings. The maximum absolute atomic E-state index is 8.64. The number of hydrogen-bond acceptors (Lipinski definition) is 3. The average molecular weight is 616 g/mol. The molecule has 0 bridgehead atoms. The van der Waals surface area contributed by atoms with Gasteiger partial charge in [0.25, 0.3) is 5.11 Å². The predicted molar refractivity (Wildman–Crippen MR) is 191 cm³/mol. The van der Waals surface area contributed by atoms with E-state index < -0.39 is 9.68 Å². The van der Waals surface area contributed by atoms with E-state index in [0.29, 0.717) is 17.9 Å². The van der Waals surface area contributed by atoms with E-state index in [1.165, 1.54) is 43.5 Å². The molecule has 0 unspecified atom stereocenters. The normalized spacial score (nSPS) is 12.8. The number of rotatable bonds is 3. The van der Waals surface area contributed by atoms with Crippen LogP contribution in [-0.4, -0.2) is 16.1 Å². The molecular formula is C37H49N2NaPS+. The van der Waals surface area contributed by atoms with Crippen LogP contribution in [0.3, 0.4) is 0 Å². The summed E-state index contributed by atoms with van der Waals surface area (Å²) in [6.07, 6.45) is 4.27. The van der Waals surface area contributed by atoms with Crippen LogP contribution in [0.15, 0.2) is 78.8 Å². The van der Waals surface area contributed by atoms with Crippen molar-refractivity contribution in [2.45, 2.75) is 73.3 Å². The fourth-order valence-corrected chi connectivity index (χ4v) is 5.79. The second kappa shape index (κ2) is 18.5. The van der Waals surface area contributed by atoms with E-state index in [1.54, 1.807) is 11.3 Å². The maximum atomic E-state index is 8.64. The molecule has 0 spiro atoms. The Balaban J connectivity index is 0.000000605. The zero-order chi connectivity index (χ0) is 33.2. The summed E-state index contributed by atoms with van der Waals surface area (Å²) in [5, 5.41) is 13.4. The topological polar surface area (TPSA) is 27.0 Å². The first kappa shape index (κ1) is 32.7. The molecule has 0 N–H and O–H groups in total. The van der Waals surface area contributed by atoms with Crippen molar-refractivity contribution in [2.24, 2.45) is 0 Å². The van der Waals surface area contributed by atoms with Gasteiger partial charge in [-0.15, -0.1) is 11.3 Å². The minimum atomic E-state index is -3.39. The fourth-order valence-electron chi connectivity index (χ4n) is 4.92. The molecule has 218 valence electrons. The van der Waals surface area contributed by atoms with Crippen LogP contribution in [0.1, 0.15) is 91.6 Å². The SMILES string of the molecule is C=C1c2sccc2C=CN1C(C)C.Cc1cc(C#N)ccc1C(C)C.Cc1cc2ccccc2cc1C(C)C.[3H][P+]([3H])([3H])[3H].[CH3-].[Na+]. The predicted octanol–water partition coefficient (Wildman–Crippen LogP) is 7.92. The molecule has 5 heteroatoms. The van der Waals surface area contributed by atoms with Crippen molar-refractivity contribution in [1.82, 2.24) is 4.90 Å². The van der Waals surface area contributed by atoms with Gasteiger partial charge in [0.1, 0.15) is 0 Å². The van der Waals surface area contributed by atoms with Crippen molar-refractivity contribution in [1.29, 1.82) is 10.4 Å². The Morgan fingerprint density at radius 1 is 0.881 bits per heavy atom. The van der Waals surface area contributed by atoms with Crippen LogP contribution in [0.2, 0.25) is 0 Å². The van der Waals surface area contributed by atoms with Crippen LogP contribution in [0.4, 0.5) is 0 Å². The molecule has 4 aromatic rings. The molecule has 0 amide bonds. The summed E-state index contributed by atoms with van der Waals surface area (Å²) in [5.41, 5.74) is 8.58. The van der Waals surface area contributed by atoms with Crippen LogP contribution >= 0.6 is 21.0 Å². The molecular weight excluding hydrogens is 558 g/mol. The molecule has 2 nitrogen and oxygen atoms in total. The van der Waals surface area contributed by atoms with Crippen molar-refractivity contribution >= 4 is 43.6 Å². The largest absolute Gasteiger partial charge is 1.00 e. The van der Waals surface area contributed by atoms with Gasteiger partial charge in [-0.05, 0) is 117 Å². The van der Waals surface area contributed by atoms with E-state index in [2.05, 4.69) is 133 Å². The standard InChI is InChI=1S/C14H16.C11H13NS.C11H13N.CH3.Na.H3P/c1-10(2)14-9-13-7-5-4-6-12(13)8-11(14)3;1-8(2)12-6-4-10-5-7-13-11(10)9(12)3;1-8(2)11-5-4-10(7-12)6-9(11)3;;;/h4-10H,1-3H3;4-8H,3H2,1-2H3;4-6,8H,1-3H3;1H3;;1H3/q;;;-1;+1;/p+1/i;;;;;1T3/hT. The zero-order valence-corrected chi connectivity index (χ0v) is 30.9. The van der Waals surface area contributed by atoms with Gasteiger partial charge in [-0.2, -0.15) is 5.26 Å². The van der Waals surface area contributed by atoms with E-state index in [-0.39, 0.29) is 37.0 Å². The zero-order valence-electron chi connectivity index (χ0n) is 31.2. The van der Waals surface area contributed by atoms with Gasteiger partial charge < -0.3 is 12.3 Å². The Bertz CT molecular complexity index is 1610. The summed E-state index contributed by atoms with van der Waals surface area (Å²) in [7, 11) is -3.39. The van der Waals surface area contributed by atoms with Crippen LogP contribution in [0, 0.1) is 32.6 Å². The first-order chi connectivity index (χ1) is 20.5. The Kier molecular flexibility index (Phi) is 14.4. The van der Waals surface area contributed by atoms with Gasteiger partial charge >= 0.3 is 29.6 Å². The van der Waals surface area contributed by atoms with Crippen LogP contribution in [-0.2, 0) is 0 Å². The molecule has 42 heavy (non-hydrogen) atoms. The van der Waals surface area contributed by atoms with Crippen molar-refractivity contribution in [2.75, 3.05) is 0 Å². The van der Waals surface area contributed by atoms with Gasteiger partial charge in [-0.1, -0.05) is 76.7 Å². The third kappa shape index (κ3) is 10.2. The summed E-state index contributed by atoms with van der Waals surface area (Å²) >= 11 is 1.76. The minimum absolute atomic E-state index is 0. The molecule has 1 aromatic heterocycles. The smallest absolute Gasteiger partial charge is 0.358 e. The average Bonchev–Trinajstić information content (AvgIpc) is 3.42. The second-order valence-corrected chi connectivity index (χ2v) is 11.9. The van der Waals surface area contributed by atoms with E-state index in [1.807, 2.05) is 18.2 Å². The van der Waals surface area contributed by atoms with Crippen molar-refractivity contribution in [3.8, 4) is 6.07 Å². The summed E-state index contributed by atoms with van der Waals surface area (Å²) in [4.78, 5) is 3.51. The van der Waals surface area contributed by atoms with Gasteiger partial charge in [-0.3, -0.25) is 0 Å². The Morgan fingerprint density at radius 2 is 1.45 bits per heavy atom. The van der Waals surface area contributed by atoms with E-state index in [4.69, 9.17) is 10.4 Å². The van der Waals surface area contributed by atoms with Gasteiger partial charge in [0, 0.05) is 12.2 Å². The van der Waals surface area contributed by atoms with Crippen molar-refractivity contribution < 1.29 is 29.6 Å². The van der Waals surface area contributed by atoms with E-state index in [0.717, 1.165) is 11.3 Å². The van der Waals surface area contributed by atoms with Gasteiger partial charge in [-0.25, -0.2) is 0 Å². The number of aryl methyl sites for hydroxylation is 2. The fraction of sp³-hybridized carbons (Fsp3) is 0.297. The molecule has 0 atom stereocenters. The first-order valence-electron chi connectivity index (χ1n) is 15.6. The molecule has 1 aliphatic rings. The van der Waals surface area contributed by atoms with Crippen LogP contribution in [0.25, 0.3) is 22.5 Å². The number of benzene rings is 3. The molecule has 0 aliphatic carbocycles. The van der Waals surface area contributed by atoms with Gasteiger partial charge in [0.2, 0.25) is 0 Å². The molecule has 2 heterocycles. The molecule has 0 saturated carbocycles. The number of nitrogens with zero attached hydrogens (tertiary/aromatic N) is 2. The summed E-state index contributed by atoms with van der Waals surface area (Å²) in [6.45, 7) is 21.5.